The summed E-state index contributed by atoms with van der Waals surface area (Å²) in [6.45, 7) is 0.347. The highest BCUT2D eigenvalue weighted by atomic mass is 79.9. The maximum Gasteiger partial charge on any atom is 0.252 e. The van der Waals surface area contributed by atoms with E-state index in [1.807, 2.05) is 0 Å². The topological polar surface area (TPSA) is 107 Å². The molecule has 18 heavy (non-hydrogen) atoms. The molecule has 2 amide bonds. The number of carbonyl (C=O) groups is 2. The first-order valence-corrected chi connectivity index (χ1v) is 5.99. The summed E-state index contributed by atoms with van der Waals surface area (Å²) in [4.78, 5) is 22.2. The third kappa shape index (κ3) is 4.72. The molecule has 0 atom stereocenters. The van der Waals surface area contributed by atoms with Gasteiger partial charge in [-0.2, -0.15) is 0 Å². The molecule has 0 fully saturated rings. The molecule has 0 heterocycles. The Kier molecular flexibility index (Phi) is 5.60. The van der Waals surface area contributed by atoms with Gasteiger partial charge in [0.1, 0.15) is 6.61 Å². The summed E-state index contributed by atoms with van der Waals surface area (Å²) in [6, 6.07) is 4.97. The molecule has 7 heteroatoms. The first kappa shape index (κ1) is 14.5. The third-order valence-corrected chi connectivity index (χ3v) is 2.70. The van der Waals surface area contributed by atoms with E-state index in [4.69, 9.17) is 16.2 Å². The molecule has 6 nitrogen and oxygen atoms in total. The van der Waals surface area contributed by atoms with E-state index in [-0.39, 0.29) is 25.7 Å². The van der Waals surface area contributed by atoms with Crippen molar-refractivity contribution in [3.8, 4) is 0 Å². The fourth-order valence-corrected chi connectivity index (χ4v) is 1.65. The van der Waals surface area contributed by atoms with E-state index < -0.39 is 5.91 Å². The number of nitrogens with one attached hydrogen (secondary N) is 1. The van der Waals surface area contributed by atoms with Crippen molar-refractivity contribution in [3.63, 3.8) is 0 Å². The Labute approximate surface area is 113 Å². The lowest BCUT2D eigenvalue weighted by Gasteiger charge is -2.07. The highest BCUT2D eigenvalue weighted by Gasteiger charge is 2.09. The molecule has 98 valence electrons. The van der Waals surface area contributed by atoms with Gasteiger partial charge in [-0.15, -0.1) is 0 Å². The number of primary amides is 1. The lowest BCUT2D eigenvalue weighted by molar-refractivity contribution is -0.122. The molecule has 0 aliphatic heterocycles. The van der Waals surface area contributed by atoms with Crippen LogP contribution in [0.5, 0.6) is 0 Å². The summed E-state index contributed by atoms with van der Waals surface area (Å²) < 4.78 is 5.57. The van der Waals surface area contributed by atoms with Gasteiger partial charge in [-0.05, 0) is 34.1 Å². The molecular weight excluding hydrogens is 302 g/mol. The van der Waals surface area contributed by atoms with Crippen LogP contribution in [0.4, 0.5) is 5.69 Å². The second kappa shape index (κ2) is 6.97. The summed E-state index contributed by atoms with van der Waals surface area (Å²) >= 11 is 3.26. The number of nitrogens with two attached hydrogens (primary N) is 2. The van der Waals surface area contributed by atoms with Crippen LogP contribution >= 0.6 is 15.9 Å². The number of anilines is 1. The molecule has 0 spiro atoms. The number of halogens is 1. The van der Waals surface area contributed by atoms with E-state index in [2.05, 4.69) is 21.2 Å². The quantitative estimate of drug-likeness (QED) is 0.517. The van der Waals surface area contributed by atoms with Crippen molar-refractivity contribution >= 4 is 33.4 Å². The van der Waals surface area contributed by atoms with E-state index in [0.717, 1.165) is 0 Å². The number of hydrogen-bond acceptors (Lipinski definition) is 4. The standard InChI is InChI=1S/C11H14BrN3O3/c12-9-2-1-7(13)5-8(9)11(17)15-3-4-18-6-10(14)16/h1-2,5H,3-4,6,13H2,(H2,14,16)(H,15,17). The Balaban J connectivity index is 2.41. The molecule has 0 bridgehead atoms. The number of rotatable bonds is 6. The number of carbonyl (C=O) groups excluding carboxylic acids is 2. The molecule has 1 rings (SSSR count). The van der Waals surface area contributed by atoms with Gasteiger partial charge in [-0.25, -0.2) is 0 Å². The Bertz CT molecular complexity index is 451. The fourth-order valence-electron chi connectivity index (χ4n) is 1.22. The van der Waals surface area contributed by atoms with Crippen molar-refractivity contribution < 1.29 is 14.3 Å². The smallest absolute Gasteiger partial charge is 0.252 e. The normalized spacial score (nSPS) is 10.1. The van der Waals surface area contributed by atoms with Crippen molar-refractivity contribution in [1.29, 1.82) is 0 Å². The first-order chi connectivity index (χ1) is 8.50. The van der Waals surface area contributed by atoms with Gasteiger partial charge in [-0.1, -0.05) is 0 Å². The summed E-state index contributed by atoms with van der Waals surface area (Å²) in [5, 5.41) is 2.64. The number of amides is 2. The van der Waals surface area contributed by atoms with Gasteiger partial charge in [0, 0.05) is 16.7 Å². The minimum Gasteiger partial charge on any atom is -0.399 e. The van der Waals surface area contributed by atoms with Crippen LogP contribution < -0.4 is 16.8 Å². The zero-order valence-electron chi connectivity index (χ0n) is 9.61. The zero-order chi connectivity index (χ0) is 13.5. The van der Waals surface area contributed by atoms with Crippen molar-refractivity contribution in [2.75, 3.05) is 25.5 Å². The van der Waals surface area contributed by atoms with Gasteiger partial charge in [0.2, 0.25) is 5.91 Å². The largest absolute Gasteiger partial charge is 0.399 e. The molecule has 5 N–H and O–H groups in total. The second-order valence-corrected chi connectivity index (χ2v) is 4.37. The Morgan fingerprint density at radius 1 is 1.39 bits per heavy atom. The first-order valence-electron chi connectivity index (χ1n) is 5.20. The predicted molar refractivity (Wildman–Crippen MR) is 70.9 cm³/mol. The van der Waals surface area contributed by atoms with E-state index >= 15 is 0 Å². The number of hydrogen-bond donors (Lipinski definition) is 3. The highest BCUT2D eigenvalue weighted by molar-refractivity contribution is 9.10. The molecule has 1 aromatic rings. The number of benzene rings is 1. The summed E-state index contributed by atoms with van der Waals surface area (Å²) in [7, 11) is 0. The van der Waals surface area contributed by atoms with Crippen molar-refractivity contribution in [2.45, 2.75) is 0 Å². The number of nitrogen functional groups attached to an aromatic ring is 1. The molecule has 0 aliphatic rings. The molecule has 0 saturated heterocycles. The molecule has 0 aliphatic carbocycles. The van der Waals surface area contributed by atoms with Crippen molar-refractivity contribution in [2.24, 2.45) is 5.73 Å². The van der Waals surface area contributed by atoms with Crippen molar-refractivity contribution in [3.05, 3.63) is 28.2 Å². The summed E-state index contributed by atoms with van der Waals surface area (Å²) in [6.07, 6.45) is 0. The number of ether oxygens (including phenoxy) is 1. The molecular formula is C11H14BrN3O3. The Hall–Kier alpha value is -1.60. The van der Waals surface area contributed by atoms with E-state index in [1.54, 1.807) is 18.2 Å². The van der Waals surface area contributed by atoms with Gasteiger partial charge in [0.05, 0.1) is 12.2 Å². The van der Waals surface area contributed by atoms with Gasteiger partial charge in [0.25, 0.3) is 5.91 Å². The van der Waals surface area contributed by atoms with Gasteiger partial charge in [0.15, 0.2) is 0 Å². The molecule has 0 aromatic heterocycles. The van der Waals surface area contributed by atoms with Crippen molar-refractivity contribution in [1.82, 2.24) is 5.32 Å². The zero-order valence-corrected chi connectivity index (χ0v) is 11.2. The molecule has 0 radical (unpaired) electrons. The third-order valence-electron chi connectivity index (χ3n) is 2.01. The van der Waals surface area contributed by atoms with Crippen LogP contribution in [0.15, 0.2) is 22.7 Å². The molecule has 0 saturated carbocycles. The summed E-state index contributed by atoms with van der Waals surface area (Å²) in [5.74, 6) is -0.809. The monoisotopic (exact) mass is 315 g/mol. The molecule has 1 aromatic carbocycles. The maximum absolute atomic E-state index is 11.8. The maximum atomic E-state index is 11.8. The Morgan fingerprint density at radius 2 is 2.11 bits per heavy atom. The Morgan fingerprint density at radius 3 is 2.78 bits per heavy atom. The minimum absolute atomic E-state index is 0.155. The summed E-state index contributed by atoms with van der Waals surface area (Å²) in [5.41, 5.74) is 11.4. The van der Waals surface area contributed by atoms with E-state index in [1.165, 1.54) is 0 Å². The van der Waals surface area contributed by atoms with E-state index in [0.29, 0.717) is 15.7 Å². The van der Waals surface area contributed by atoms with Crippen LogP contribution in [0.25, 0.3) is 0 Å². The van der Waals surface area contributed by atoms with Crippen LogP contribution in [0, 0.1) is 0 Å². The van der Waals surface area contributed by atoms with Crippen LogP contribution in [-0.4, -0.2) is 31.6 Å². The van der Waals surface area contributed by atoms with Crippen LogP contribution in [0.2, 0.25) is 0 Å². The predicted octanol–water partition coefficient (Wildman–Crippen LogP) is 0.263. The van der Waals surface area contributed by atoms with E-state index in [9.17, 15) is 9.59 Å². The van der Waals surface area contributed by atoms with Gasteiger partial charge < -0.3 is 21.5 Å². The van der Waals surface area contributed by atoms with Gasteiger partial charge in [-0.3, -0.25) is 9.59 Å². The average Bonchev–Trinajstić information content (AvgIpc) is 2.31. The minimum atomic E-state index is -0.542. The fraction of sp³-hybridized carbons (Fsp3) is 0.273. The van der Waals surface area contributed by atoms with Crippen LogP contribution in [0.1, 0.15) is 10.4 Å². The average molecular weight is 316 g/mol. The highest BCUT2D eigenvalue weighted by Crippen LogP contribution is 2.19. The molecule has 0 unspecified atom stereocenters. The SMILES string of the molecule is NC(=O)COCCNC(=O)c1cc(N)ccc1Br. The lowest BCUT2D eigenvalue weighted by atomic mass is 10.2. The second-order valence-electron chi connectivity index (χ2n) is 3.51. The van der Waals surface area contributed by atoms with Gasteiger partial charge >= 0.3 is 0 Å². The van der Waals surface area contributed by atoms with Crippen LogP contribution in [0.3, 0.4) is 0 Å². The van der Waals surface area contributed by atoms with Crippen LogP contribution in [-0.2, 0) is 9.53 Å². The lowest BCUT2D eigenvalue weighted by Crippen LogP contribution is -2.29.